The fraction of sp³-hybridized carbons (Fsp3) is 0.357. The third-order valence-electron chi connectivity index (χ3n) is 6.58. The molecule has 1 unspecified atom stereocenters. The van der Waals surface area contributed by atoms with Crippen LogP contribution in [0.5, 0.6) is 5.75 Å². The van der Waals surface area contributed by atoms with Gasteiger partial charge < -0.3 is 14.7 Å². The average molecular weight is 510 g/mol. The van der Waals surface area contributed by atoms with Crippen LogP contribution < -0.4 is 14.4 Å². The van der Waals surface area contributed by atoms with E-state index in [9.17, 15) is 13.5 Å². The number of ether oxygens (including phenoxy) is 1. The SMILES string of the molecule is CCCCc1ccc(NS(=O)(=O)c2cccc(C(O)N3CCN(c4ccccc4OC)CC3)c2)cc1. The monoisotopic (exact) mass is 509 g/mol. The van der Waals surface area contributed by atoms with Gasteiger partial charge in [-0.25, -0.2) is 8.42 Å². The third kappa shape index (κ3) is 6.19. The van der Waals surface area contributed by atoms with Crippen molar-refractivity contribution in [1.29, 1.82) is 0 Å². The second-order valence-electron chi connectivity index (χ2n) is 9.05. The van der Waals surface area contributed by atoms with Crippen molar-refractivity contribution < 1.29 is 18.3 Å². The molecule has 0 bridgehead atoms. The topological polar surface area (TPSA) is 82.1 Å². The molecule has 2 N–H and O–H groups in total. The van der Waals surface area contributed by atoms with Gasteiger partial charge in [0.2, 0.25) is 0 Å². The van der Waals surface area contributed by atoms with E-state index < -0.39 is 16.3 Å². The van der Waals surface area contributed by atoms with Gasteiger partial charge in [-0.3, -0.25) is 9.62 Å². The van der Waals surface area contributed by atoms with Gasteiger partial charge >= 0.3 is 0 Å². The van der Waals surface area contributed by atoms with Crippen molar-refractivity contribution in [3.8, 4) is 5.75 Å². The number of methoxy groups -OCH3 is 1. The summed E-state index contributed by atoms with van der Waals surface area (Å²) >= 11 is 0. The molecular weight excluding hydrogens is 474 g/mol. The molecule has 7 nitrogen and oxygen atoms in total. The van der Waals surface area contributed by atoms with Gasteiger partial charge in [0.25, 0.3) is 10.0 Å². The number of aryl methyl sites for hydroxylation is 1. The summed E-state index contributed by atoms with van der Waals surface area (Å²) < 4.78 is 34.2. The lowest BCUT2D eigenvalue weighted by Crippen LogP contribution is -2.47. The van der Waals surface area contributed by atoms with Crippen LogP contribution in [0.3, 0.4) is 0 Å². The van der Waals surface area contributed by atoms with Crippen LogP contribution in [0.1, 0.15) is 37.1 Å². The molecule has 1 saturated heterocycles. The molecule has 0 saturated carbocycles. The Labute approximate surface area is 214 Å². The number of nitrogens with one attached hydrogen (secondary N) is 1. The van der Waals surface area contributed by atoms with Crippen LogP contribution in [0.15, 0.2) is 77.7 Å². The number of aliphatic hydroxyl groups excluding tert-OH is 1. The number of unbranched alkanes of at least 4 members (excludes halogenated alkanes) is 1. The summed E-state index contributed by atoms with van der Waals surface area (Å²) in [5.41, 5.74) is 3.30. The number of rotatable bonds is 10. The van der Waals surface area contributed by atoms with E-state index in [2.05, 4.69) is 16.5 Å². The highest BCUT2D eigenvalue weighted by molar-refractivity contribution is 7.92. The highest BCUT2D eigenvalue weighted by atomic mass is 32.2. The molecular formula is C28H35N3O4S. The Hall–Kier alpha value is -3.07. The molecule has 1 atom stereocenters. The largest absolute Gasteiger partial charge is 0.495 e. The van der Waals surface area contributed by atoms with Crippen molar-refractivity contribution >= 4 is 21.4 Å². The predicted octanol–water partition coefficient (Wildman–Crippen LogP) is 4.65. The van der Waals surface area contributed by atoms with Crippen LogP contribution in [0, 0.1) is 0 Å². The van der Waals surface area contributed by atoms with Gasteiger partial charge in [-0.15, -0.1) is 0 Å². The van der Waals surface area contributed by atoms with Crippen LogP contribution in [-0.4, -0.2) is 51.7 Å². The van der Waals surface area contributed by atoms with Crippen molar-refractivity contribution in [2.75, 3.05) is 42.9 Å². The van der Waals surface area contributed by atoms with Gasteiger partial charge in [0.15, 0.2) is 0 Å². The Morgan fingerprint density at radius 3 is 2.39 bits per heavy atom. The van der Waals surface area contributed by atoms with Crippen molar-refractivity contribution in [3.63, 3.8) is 0 Å². The zero-order valence-electron chi connectivity index (χ0n) is 20.9. The smallest absolute Gasteiger partial charge is 0.261 e. The number of nitrogens with zero attached hydrogens (tertiary/aromatic N) is 2. The summed E-state index contributed by atoms with van der Waals surface area (Å²) in [4.78, 5) is 4.32. The Morgan fingerprint density at radius 2 is 1.69 bits per heavy atom. The first-order valence-electron chi connectivity index (χ1n) is 12.4. The minimum atomic E-state index is -3.78. The van der Waals surface area contributed by atoms with E-state index in [1.807, 2.05) is 41.3 Å². The summed E-state index contributed by atoms with van der Waals surface area (Å²) in [6.45, 7) is 4.88. The van der Waals surface area contributed by atoms with Crippen molar-refractivity contribution in [1.82, 2.24) is 4.90 Å². The number of sulfonamides is 1. The quantitative estimate of drug-likeness (QED) is 0.414. The first-order chi connectivity index (χ1) is 17.4. The number of hydrogen-bond donors (Lipinski definition) is 2. The summed E-state index contributed by atoms with van der Waals surface area (Å²) in [7, 11) is -2.12. The highest BCUT2D eigenvalue weighted by Gasteiger charge is 2.26. The van der Waals surface area contributed by atoms with Crippen molar-refractivity contribution in [2.24, 2.45) is 0 Å². The zero-order chi connectivity index (χ0) is 25.5. The van der Waals surface area contributed by atoms with E-state index in [1.54, 1.807) is 43.5 Å². The normalized spacial score (nSPS) is 15.5. The molecule has 1 aliphatic rings. The molecule has 3 aromatic rings. The number of piperazine rings is 1. The van der Waals surface area contributed by atoms with Crippen molar-refractivity contribution in [2.45, 2.75) is 37.3 Å². The Kier molecular flexibility index (Phi) is 8.51. The molecule has 4 rings (SSSR count). The van der Waals surface area contributed by atoms with Crippen LogP contribution >= 0.6 is 0 Å². The van der Waals surface area contributed by atoms with E-state index in [-0.39, 0.29) is 4.90 Å². The maximum atomic E-state index is 13.0. The summed E-state index contributed by atoms with van der Waals surface area (Å²) in [5, 5.41) is 11.1. The number of benzene rings is 3. The molecule has 0 aromatic heterocycles. The minimum absolute atomic E-state index is 0.127. The number of para-hydroxylation sites is 2. The van der Waals surface area contributed by atoms with Gasteiger partial charge in [-0.1, -0.05) is 49.7 Å². The summed E-state index contributed by atoms with van der Waals surface area (Å²) in [6, 6.07) is 21.9. The van der Waals surface area contributed by atoms with E-state index in [1.165, 1.54) is 5.56 Å². The lowest BCUT2D eigenvalue weighted by molar-refractivity contribution is -0.00179. The Balaban J connectivity index is 1.41. The average Bonchev–Trinajstić information content (AvgIpc) is 2.92. The first kappa shape index (κ1) is 26.0. The first-order valence-corrected chi connectivity index (χ1v) is 13.9. The molecule has 0 radical (unpaired) electrons. The van der Waals surface area contributed by atoms with Gasteiger partial charge in [0.05, 0.1) is 17.7 Å². The van der Waals surface area contributed by atoms with Gasteiger partial charge in [-0.05, 0) is 60.4 Å². The molecule has 3 aromatic carbocycles. The minimum Gasteiger partial charge on any atom is -0.495 e. The van der Waals surface area contributed by atoms with E-state index >= 15 is 0 Å². The molecule has 0 spiro atoms. The maximum absolute atomic E-state index is 13.0. The fourth-order valence-electron chi connectivity index (χ4n) is 4.49. The zero-order valence-corrected chi connectivity index (χ0v) is 21.7. The Morgan fingerprint density at radius 1 is 0.972 bits per heavy atom. The second-order valence-corrected chi connectivity index (χ2v) is 10.7. The fourth-order valence-corrected chi connectivity index (χ4v) is 5.60. The summed E-state index contributed by atoms with van der Waals surface area (Å²) in [6.07, 6.45) is 2.32. The second kappa shape index (κ2) is 11.8. The molecule has 0 aliphatic carbocycles. The molecule has 1 fully saturated rings. The van der Waals surface area contributed by atoms with Crippen LogP contribution in [-0.2, 0) is 16.4 Å². The maximum Gasteiger partial charge on any atom is 0.261 e. The molecule has 36 heavy (non-hydrogen) atoms. The molecule has 0 amide bonds. The lowest BCUT2D eigenvalue weighted by Gasteiger charge is -2.38. The molecule has 8 heteroatoms. The van der Waals surface area contributed by atoms with Crippen LogP contribution in [0.25, 0.3) is 0 Å². The number of anilines is 2. The van der Waals surface area contributed by atoms with Crippen molar-refractivity contribution in [3.05, 3.63) is 83.9 Å². The van der Waals surface area contributed by atoms with Crippen LogP contribution in [0.4, 0.5) is 11.4 Å². The predicted molar refractivity (Wildman–Crippen MR) is 144 cm³/mol. The third-order valence-corrected chi connectivity index (χ3v) is 7.96. The summed E-state index contributed by atoms with van der Waals surface area (Å²) in [5.74, 6) is 0.826. The molecule has 1 aliphatic heterocycles. The molecule has 1 heterocycles. The van der Waals surface area contributed by atoms with Crippen LogP contribution in [0.2, 0.25) is 0 Å². The Bertz CT molecular complexity index is 1240. The highest BCUT2D eigenvalue weighted by Crippen LogP contribution is 2.30. The number of hydrogen-bond acceptors (Lipinski definition) is 6. The van der Waals surface area contributed by atoms with Gasteiger partial charge in [0, 0.05) is 31.9 Å². The van der Waals surface area contributed by atoms with E-state index in [0.29, 0.717) is 24.3 Å². The van der Waals surface area contributed by atoms with Gasteiger partial charge in [0.1, 0.15) is 12.0 Å². The standard InChI is InChI=1S/C28H35N3O4S/c1-3-4-8-22-13-15-24(16-14-22)29-36(33,34)25-10-7-9-23(21-25)28(32)31-19-17-30(18-20-31)26-11-5-6-12-27(26)35-2/h5-7,9-16,21,28-29,32H,3-4,8,17-20H2,1-2H3. The van der Waals surface area contributed by atoms with Gasteiger partial charge in [-0.2, -0.15) is 0 Å². The number of aliphatic hydroxyl groups is 1. The molecule has 192 valence electrons. The lowest BCUT2D eigenvalue weighted by atomic mass is 10.1. The van der Waals surface area contributed by atoms with E-state index in [4.69, 9.17) is 4.74 Å². The van der Waals surface area contributed by atoms with E-state index in [0.717, 1.165) is 43.8 Å².